The van der Waals surface area contributed by atoms with Crippen molar-refractivity contribution >= 4 is 0 Å². The van der Waals surface area contributed by atoms with E-state index in [0.717, 1.165) is 24.2 Å². The van der Waals surface area contributed by atoms with Gasteiger partial charge in [-0.3, -0.25) is 4.68 Å². The van der Waals surface area contributed by atoms with Crippen LogP contribution in [0.3, 0.4) is 0 Å². The van der Waals surface area contributed by atoms with Crippen LogP contribution < -0.4 is 0 Å². The van der Waals surface area contributed by atoms with E-state index in [1.807, 2.05) is 11.6 Å². The average molecular weight is 224 g/mol. The van der Waals surface area contributed by atoms with Gasteiger partial charge in [0, 0.05) is 11.5 Å². The van der Waals surface area contributed by atoms with Crippen molar-refractivity contribution in [2.45, 2.75) is 65.8 Å². The van der Waals surface area contributed by atoms with Gasteiger partial charge in [-0.25, -0.2) is 0 Å². The number of hydrogen-bond acceptors (Lipinski definition) is 2. The lowest BCUT2D eigenvalue weighted by molar-refractivity contribution is 0.392. The maximum absolute atomic E-state index is 10.2. The van der Waals surface area contributed by atoms with E-state index in [9.17, 15) is 5.11 Å². The van der Waals surface area contributed by atoms with Gasteiger partial charge in [-0.15, -0.1) is 0 Å². The van der Waals surface area contributed by atoms with Gasteiger partial charge >= 0.3 is 0 Å². The van der Waals surface area contributed by atoms with Gasteiger partial charge < -0.3 is 5.11 Å². The standard InChI is InChI=1S/C13H24N2O/c1-7-9(3)15-12(13(4,5)6)11(16)10(8-2)14-15/h9,16H,7-8H2,1-6H3. The van der Waals surface area contributed by atoms with Crippen molar-refractivity contribution in [2.24, 2.45) is 0 Å². The van der Waals surface area contributed by atoms with Crippen LogP contribution in [0.25, 0.3) is 0 Å². The molecule has 0 bridgehead atoms. The summed E-state index contributed by atoms with van der Waals surface area (Å²) in [5.41, 5.74) is 1.69. The molecule has 1 atom stereocenters. The summed E-state index contributed by atoms with van der Waals surface area (Å²) in [4.78, 5) is 0. The number of aromatic hydroxyl groups is 1. The highest BCUT2D eigenvalue weighted by Gasteiger charge is 2.28. The lowest BCUT2D eigenvalue weighted by atomic mass is 9.90. The molecular formula is C13H24N2O. The second-order valence-electron chi connectivity index (χ2n) is 5.45. The first kappa shape index (κ1) is 13.1. The zero-order valence-corrected chi connectivity index (χ0v) is 11.3. The molecule has 16 heavy (non-hydrogen) atoms. The van der Waals surface area contributed by atoms with E-state index in [2.05, 4.69) is 39.7 Å². The number of hydrogen-bond donors (Lipinski definition) is 1. The topological polar surface area (TPSA) is 38.0 Å². The lowest BCUT2D eigenvalue weighted by Gasteiger charge is -2.23. The first-order valence-electron chi connectivity index (χ1n) is 6.13. The Morgan fingerprint density at radius 3 is 2.25 bits per heavy atom. The molecule has 0 aliphatic rings. The van der Waals surface area contributed by atoms with E-state index < -0.39 is 0 Å². The van der Waals surface area contributed by atoms with Crippen molar-refractivity contribution < 1.29 is 5.11 Å². The van der Waals surface area contributed by atoms with Gasteiger partial charge in [-0.2, -0.15) is 5.10 Å². The zero-order valence-electron chi connectivity index (χ0n) is 11.3. The highest BCUT2D eigenvalue weighted by Crippen LogP contribution is 2.35. The van der Waals surface area contributed by atoms with E-state index in [-0.39, 0.29) is 5.41 Å². The van der Waals surface area contributed by atoms with Gasteiger partial charge in [0.1, 0.15) is 5.69 Å². The van der Waals surface area contributed by atoms with Crippen LogP contribution in [0, 0.1) is 0 Å². The van der Waals surface area contributed by atoms with Gasteiger partial charge in [-0.1, -0.05) is 34.6 Å². The Labute approximate surface area is 98.5 Å². The Kier molecular flexibility index (Phi) is 3.66. The SMILES string of the molecule is CCc1nn(C(C)CC)c(C(C)(C)C)c1O. The summed E-state index contributed by atoms with van der Waals surface area (Å²) in [6.45, 7) is 12.6. The number of aryl methyl sites for hydroxylation is 1. The van der Waals surface area contributed by atoms with Crippen LogP contribution in [0.5, 0.6) is 5.75 Å². The van der Waals surface area contributed by atoms with Crippen molar-refractivity contribution in [3.63, 3.8) is 0 Å². The average Bonchev–Trinajstić information content (AvgIpc) is 2.53. The fraction of sp³-hybridized carbons (Fsp3) is 0.769. The van der Waals surface area contributed by atoms with Crippen LogP contribution >= 0.6 is 0 Å². The molecule has 1 aromatic heterocycles. The van der Waals surface area contributed by atoms with E-state index >= 15 is 0 Å². The molecule has 0 aliphatic heterocycles. The maximum Gasteiger partial charge on any atom is 0.160 e. The van der Waals surface area contributed by atoms with E-state index in [1.165, 1.54) is 0 Å². The third-order valence-corrected chi connectivity index (χ3v) is 3.01. The number of rotatable bonds is 3. The third kappa shape index (κ3) is 2.23. The van der Waals surface area contributed by atoms with Crippen LogP contribution in [-0.2, 0) is 11.8 Å². The zero-order chi connectivity index (χ0) is 12.5. The summed E-state index contributed by atoms with van der Waals surface area (Å²) in [6, 6.07) is 0.334. The number of nitrogens with zero attached hydrogens (tertiary/aromatic N) is 2. The molecule has 0 aliphatic carbocycles. The smallest absolute Gasteiger partial charge is 0.160 e. The van der Waals surface area contributed by atoms with Gasteiger partial charge in [0.25, 0.3) is 0 Å². The lowest BCUT2D eigenvalue weighted by Crippen LogP contribution is -2.20. The molecule has 0 saturated heterocycles. The Bertz CT molecular complexity index is 361. The molecule has 0 radical (unpaired) electrons. The first-order valence-corrected chi connectivity index (χ1v) is 6.13. The molecule has 3 nitrogen and oxygen atoms in total. The molecule has 1 heterocycles. The summed E-state index contributed by atoms with van der Waals surface area (Å²) in [6.07, 6.45) is 1.80. The molecular weight excluding hydrogens is 200 g/mol. The normalized spacial score (nSPS) is 14.1. The second-order valence-corrected chi connectivity index (χ2v) is 5.45. The molecule has 0 amide bonds. The maximum atomic E-state index is 10.2. The highest BCUT2D eigenvalue weighted by atomic mass is 16.3. The molecule has 92 valence electrons. The molecule has 1 aromatic rings. The largest absolute Gasteiger partial charge is 0.504 e. The van der Waals surface area contributed by atoms with Crippen molar-refractivity contribution in [1.29, 1.82) is 0 Å². The Morgan fingerprint density at radius 2 is 1.88 bits per heavy atom. The predicted molar refractivity (Wildman–Crippen MR) is 67.0 cm³/mol. The predicted octanol–water partition coefficient (Wildman–Crippen LogP) is 3.42. The van der Waals surface area contributed by atoms with Crippen LogP contribution in [0.2, 0.25) is 0 Å². The van der Waals surface area contributed by atoms with E-state index in [0.29, 0.717) is 11.8 Å². The summed E-state index contributed by atoms with van der Waals surface area (Å²) in [5.74, 6) is 0.385. The van der Waals surface area contributed by atoms with Crippen LogP contribution in [0.4, 0.5) is 0 Å². The number of aromatic nitrogens is 2. The molecule has 3 heteroatoms. The van der Waals surface area contributed by atoms with Crippen molar-refractivity contribution in [2.75, 3.05) is 0 Å². The highest BCUT2D eigenvalue weighted by molar-refractivity contribution is 5.37. The Morgan fingerprint density at radius 1 is 1.31 bits per heavy atom. The van der Waals surface area contributed by atoms with Crippen molar-refractivity contribution in [3.05, 3.63) is 11.4 Å². The van der Waals surface area contributed by atoms with Crippen LogP contribution in [0.1, 0.15) is 65.4 Å². The fourth-order valence-corrected chi connectivity index (χ4v) is 1.90. The molecule has 0 spiro atoms. The minimum atomic E-state index is -0.0755. The Balaban J connectivity index is 3.37. The van der Waals surface area contributed by atoms with Gasteiger partial charge in [-0.05, 0) is 19.8 Å². The van der Waals surface area contributed by atoms with E-state index in [1.54, 1.807) is 0 Å². The molecule has 1 unspecified atom stereocenters. The van der Waals surface area contributed by atoms with Gasteiger partial charge in [0.15, 0.2) is 5.75 Å². The van der Waals surface area contributed by atoms with Crippen LogP contribution in [0.15, 0.2) is 0 Å². The van der Waals surface area contributed by atoms with Crippen LogP contribution in [-0.4, -0.2) is 14.9 Å². The minimum absolute atomic E-state index is 0.0755. The monoisotopic (exact) mass is 224 g/mol. The van der Waals surface area contributed by atoms with Gasteiger partial charge in [0.2, 0.25) is 0 Å². The Hall–Kier alpha value is -0.990. The summed E-state index contributed by atoms with van der Waals surface area (Å²) in [7, 11) is 0. The molecule has 0 fully saturated rings. The first-order chi connectivity index (χ1) is 7.32. The van der Waals surface area contributed by atoms with E-state index in [4.69, 9.17) is 0 Å². The quantitative estimate of drug-likeness (QED) is 0.854. The molecule has 0 aromatic carbocycles. The second kappa shape index (κ2) is 4.48. The molecule has 1 rings (SSSR count). The summed E-state index contributed by atoms with van der Waals surface area (Å²) < 4.78 is 1.99. The fourth-order valence-electron chi connectivity index (χ4n) is 1.90. The third-order valence-electron chi connectivity index (χ3n) is 3.01. The summed E-state index contributed by atoms with van der Waals surface area (Å²) in [5, 5.41) is 14.7. The minimum Gasteiger partial charge on any atom is -0.504 e. The van der Waals surface area contributed by atoms with Gasteiger partial charge in [0.05, 0.1) is 5.69 Å². The summed E-state index contributed by atoms with van der Waals surface area (Å²) >= 11 is 0. The van der Waals surface area contributed by atoms with Crippen molar-refractivity contribution in [3.8, 4) is 5.75 Å². The van der Waals surface area contributed by atoms with Crippen molar-refractivity contribution in [1.82, 2.24) is 9.78 Å². The molecule has 0 saturated carbocycles. The molecule has 1 N–H and O–H groups in total.